The van der Waals surface area contributed by atoms with Gasteiger partial charge in [-0.15, -0.1) is 0 Å². The number of ether oxygens (including phenoxy) is 1. The van der Waals surface area contributed by atoms with Gasteiger partial charge in [0.05, 0.1) is 41.9 Å². The Morgan fingerprint density at radius 1 is 0.857 bits per heavy atom. The Morgan fingerprint density at radius 2 is 1.57 bits per heavy atom. The van der Waals surface area contributed by atoms with Gasteiger partial charge in [-0.2, -0.15) is 0 Å². The second kappa shape index (κ2) is 11.5. The fourth-order valence-corrected chi connectivity index (χ4v) is 8.34. The van der Waals surface area contributed by atoms with E-state index >= 15 is 4.79 Å². The molecule has 0 bridgehead atoms. The number of halogens is 1. The van der Waals surface area contributed by atoms with Crippen LogP contribution in [0.2, 0.25) is 5.02 Å². The van der Waals surface area contributed by atoms with Gasteiger partial charge in [-0.05, 0) is 72.5 Å². The molecular weight excluding hydrogens is 644 g/mol. The average Bonchev–Trinajstić information content (AvgIpc) is 3.50. The number of carbonyl (C=O) groups excluding carboxylic acids is 2. The van der Waals surface area contributed by atoms with Crippen LogP contribution in [0.3, 0.4) is 0 Å². The largest absolute Gasteiger partial charge is 0.504 e. The Morgan fingerprint density at radius 3 is 2.29 bits per heavy atom. The number of aromatic hydroxyl groups is 1. The maximum Gasteiger partial charge on any atom is 0.352 e. The highest BCUT2D eigenvalue weighted by molar-refractivity contribution is 6.32. The maximum absolute atomic E-state index is 15.3. The molecule has 1 saturated heterocycles. The third-order valence-corrected chi connectivity index (χ3v) is 10.3. The van der Waals surface area contributed by atoms with Gasteiger partial charge in [-0.3, -0.25) is 9.59 Å². The lowest BCUT2D eigenvalue weighted by Gasteiger charge is -2.49. The fraction of sp³-hybridized carbons (Fsp3) is 0.211. The molecule has 4 unspecified atom stereocenters. The van der Waals surface area contributed by atoms with Crippen molar-refractivity contribution in [2.75, 3.05) is 11.5 Å². The Hall–Kier alpha value is -5.61. The van der Waals surface area contributed by atoms with Crippen LogP contribution in [0.4, 0.5) is 5.69 Å². The van der Waals surface area contributed by atoms with Crippen LogP contribution in [0.5, 0.6) is 11.5 Å². The van der Waals surface area contributed by atoms with Gasteiger partial charge in [-0.25, -0.2) is 28.4 Å². The minimum absolute atomic E-state index is 0.0692. The van der Waals surface area contributed by atoms with Crippen molar-refractivity contribution in [3.8, 4) is 17.2 Å². The third kappa shape index (κ3) is 4.40. The molecule has 1 aromatic heterocycles. The van der Waals surface area contributed by atoms with Crippen LogP contribution in [-0.4, -0.2) is 37.5 Å². The number of nitrogens with zero attached hydrogens (tertiary/aromatic N) is 4. The number of carbonyl (C=O) groups is 2. The van der Waals surface area contributed by atoms with E-state index in [2.05, 4.69) is 0 Å². The average molecular weight is 675 g/mol. The molecule has 1 N–H and O–H groups in total. The lowest BCUT2D eigenvalue weighted by atomic mass is 9.53. The summed E-state index contributed by atoms with van der Waals surface area (Å²) in [6.45, 7) is 2.16. The predicted molar refractivity (Wildman–Crippen MR) is 184 cm³/mol. The number of imide groups is 1. The highest BCUT2D eigenvalue weighted by atomic mass is 35.5. The first-order chi connectivity index (χ1) is 23.8. The quantitative estimate of drug-likeness (QED) is 0.192. The number of phenols is 1. The van der Waals surface area contributed by atoms with Crippen molar-refractivity contribution in [2.45, 2.75) is 37.3 Å². The molecule has 10 nitrogen and oxygen atoms in total. The first-order valence-corrected chi connectivity index (χ1v) is 16.5. The number of allylic oxidation sites excluding steroid dienone is 2. The zero-order valence-corrected chi connectivity index (χ0v) is 27.2. The molecule has 3 heterocycles. The number of phenolic OH excluding ortho intramolecular Hbond substituents is 1. The smallest absolute Gasteiger partial charge is 0.352 e. The number of rotatable bonds is 6. The van der Waals surface area contributed by atoms with E-state index in [1.807, 2.05) is 36.4 Å². The number of benzene rings is 4. The van der Waals surface area contributed by atoms with Crippen LogP contribution in [0, 0.1) is 5.92 Å². The van der Waals surface area contributed by atoms with E-state index in [0.29, 0.717) is 27.5 Å². The minimum atomic E-state index is -1.46. The van der Waals surface area contributed by atoms with Gasteiger partial charge in [-0.1, -0.05) is 78.3 Å². The predicted octanol–water partition coefficient (Wildman–Crippen LogP) is 5.35. The van der Waals surface area contributed by atoms with Gasteiger partial charge in [0.1, 0.15) is 0 Å². The molecular formula is C38H31ClN4O6. The van der Waals surface area contributed by atoms with Crippen LogP contribution >= 0.6 is 11.6 Å². The van der Waals surface area contributed by atoms with Crippen molar-refractivity contribution >= 4 is 29.1 Å². The summed E-state index contributed by atoms with van der Waals surface area (Å²) >= 11 is 6.38. The van der Waals surface area contributed by atoms with Crippen molar-refractivity contribution in [3.05, 3.63) is 152 Å². The highest BCUT2D eigenvalue weighted by Gasteiger charge is 2.68. The first kappa shape index (κ1) is 30.7. The number of aromatic nitrogens is 3. The summed E-state index contributed by atoms with van der Waals surface area (Å²) in [4.78, 5) is 59.4. The molecule has 0 spiro atoms. The van der Waals surface area contributed by atoms with Crippen molar-refractivity contribution in [2.24, 2.45) is 5.92 Å². The molecule has 5 aromatic rings. The summed E-state index contributed by atoms with van der Waals surface area (Å²) < 4.78 is 9.77. The summed E-state index contributed by atoms with van der Waals surface area (Å²) in [5.41, 5.74) is 0.239. The normalized spacial score (nSPS) is 22.7. The van der Waals surface area contributed by atoms with Crippen molar-refractivity contribution in [1.82, 2.24) is 13.9 Å². The first-order valence-electron chi connectivity index (χ1n) is 16.1. The summed E-state index contributed by atoms with van der Waals surface area (Å²) in [7, 11) is 0. The number of fused-ring (bicyclic) bond motifs is 4. The summed E-state index contributed by atoms with van der Waals surface area (Å²) in [6.07, 6.45) is 1.98. The molecule has 2 aliphatic heterocycles. The fourth-order valence-electron chi connectivity index (χ4n) is 8.16. The summed E-state index contributed by atoms with van der Waals surface area (Å²) in [5.74, 6) is -2.45. The van der Waals surface area contributed by atoms with E-state index < -0.39 is 46.5 Å². The van der Waals surface area contributed by atoms with E-state index in [1.165, 1.54) is 20.3 Å². The Bertz CT molecular complexity index is 2290. The molecule has 4 aromatic carbocycles. The molecule has 11 heteroatoms. The molecule has 3 aliphatic rings. The SMILES string of the molecule is CCOc1cc(C2C3=CCn4c(=O)n(-c5ccccc5)c(=O)n4C3CC3C(=O)N(c4cccc(Cl)c4)C(=O)C32c2ccccc2)ccc1O. The van der Waals surface area contributed by atoms with Crippen molar-refractivity contribution in [1.29, 1.82) is 0 Å². The molecule has 49 heavy (non-hydrogen) atoms. The molecule has 246 valence electrons. The number of amides is 2. The van der Waals surface area contributed by atoms with Gasteiger partial charge in [0, 0.05) is 10.9 Å². The van der Waals surface area contributed by atoms with Crippen molar-refractivity contribution in [3.63, 3.8) is 0 Å². The van der Waals surface area contributed by atoms with Crippen LogP contribution in [0.1, 0.15) is 36.4 Å². The Labute approximate surface area is 285 Å². The lowest BCUT2D eigenvalue weighted by Crippen LogP contribution is -2.53. The lowest BCUT2D eigenvalue weighted by molar-refractivity contribution is -0.124. The zero-order valence-electron chi connectivity index (χ0n) is 26.4. The minimum Gasteiger partial charge on any atom is -0.504 e. The van der Waals surface area contributed by atoms with Gasteiger partial charge in [0.2, 0.25) is 11.8 Å². The number of hydrogen-bond acceptors (Lipinski definition) is 6. The van der Waals surface area contributed by atoms with E-state index in [4.69, 9.17) is 16.3 Å². The molecule has 1 aliphatic carbocycles. The number of anilines is 1. The molecule has 2 fully saturated rings. The van der Waals surface area contributed by atoms with Gasteiger partial charge < -0.3 is 9.84 Å². The van der Waals surface area contributed by atoms with Crippen molar-refractivity contribution < 1.29 is 19.4 Å². The second-order valence-electron chi connectivity index (χ2n) is 12.5. The van der Waals surface area contributed by atoms with Gasteiger partial charge in [0.15, 0.2) is 11.5 Å². The standard InChI is InChI=1S/C38H31ClN4O6/c1-2-49-32-20-23(16-17-31(32)44)33-28-18-19-40-36(47)42(26-13-7-4-8-14-26)37(48)43(40)30(28)22-29-34(45)41(27-15-9-12-25(39)21-27)35(46)38(29,33)24-10-5-3-6-11-24/h3-18,20-21,29-30,33,44H,2,19,22H2,1H3. The van der Waals surface area contributed by atoms with Crippen LogP contribution in [0.15, 0.2) is 124 Å². The topological polar surface area (TPSA) is 116 Å². The molecule has 8 rings (SSSR count). The van der Waals surface area contributed by atoms with Crippen LogP contribution in [0.25, 0.3) is 5.69 Å². The Balaban J connectivity index is 1.42. The third-order valence-electron chi connectivity index (χ3n) is 10.1. The summed E-state index contributed by atoms with van der Waals surface area (Å²) in [5, 5.41) is 11.1. The summed E-state index contributed by atoms with van der Waals surface area (Å²) in [6, 6.07) is 28.8. The number of hydrogen-bond donors (Lipinski definition) is 1. The van der Waals surface area contributed by atoms with Crippen LogP contribution < -0.4 is 21.0 Å². The zero-order chi connectivity index (χ0) is 34.0. The van der Waals surface area contributed by atoms with Gasteiger partial charge in [0.25, 0.3) is 0 Å². The van der Waals surface area contributed by atoms with E-state index in [0.717, 1.165) is 10.1 Å². The molecule has 4 atom stereocenters. The number of para-hydroxylation sites is 1. The molecule has 1 saturated carbocycles. The van der Waals surface area contributed by atoms with E-state index in [1.54, 1.807) is 73.7 Å². The monoisotopic (exact) mass is 674 g/mol. The maximum atomic E-state index is 15.3. The van der Waals surface area contributed by atoms with Gasteiger partial charge >= 0.3 is 11.4 Å². The molecule has 0 radical (unpaired) electrons. The van der Waals surface area contributed by atoms with E-state index in [9.17, 15) is 19.5 Å². The second-order valence-corrected chi connectivity index (χ2v) is 12.9. The van der Waals surface area contributed by atoms with E-state index in [-0.39, 0.29) is 31.1 Å². The highest BCUT2D eigenvalue weighted by Crippen LogP contribution is 2.62. The molecule has 2 amide bonds. The van der Waals surface area contributed by atoms with Crippen LogP contribution in [-0.2, 0) is 21.5 Å². The Kier molecular flexibility index (Phi) is 7.22.